The average Bonchev–Trinajstić information content (AvgIpc) is 2.61. The maximum absolute atomic E-state index is 11.7. The summed E-state index contributed by atoms with van der Waals surface area (Å²) in [5, 5.41) is 5.23. The van der Waals surface area contributed by atoms with E-state index in [-0.39, 0.29) is 15.8 Å². The Labute approximate surface area is 177 Å². The van der Waals surface area contributed by atoms with Crippen LogP contribution in [0.4, 0.5) is 0 Å². The molecule has 1 N–H and O–H groups in total. The lowest BCUT2D eigenvalue weighted by Gasteiger charge is -2.31. The van der Waals surface area contributed by atoms with Crippen LogP contribution in [-0.2, 0) is 0 Å². The molecule has 0 aliphatic heterocycles. The fourth-order valence-electron chi connectivity index (χ4n) is 4.25. The van der Waals surface area contributed by atoms with E-state index in [9.17, 15) is 4.80 Å². The molecule has 0 saturated carbocycles. The Kier molecular flexibility index (Phi) is 8.90. The molecule has 0 fully saturated rings. The molecule has 0 aliphatic carbocycles. The fourth-order valence-corrected chi connectivity index (χ4v) is 12.9. The monoisotopic (exact) mass is 431 g/mol. The maximum Gasteiger partial charge on any atom is 0.281 e. The van der Waals surface area contributed by atoms with Gasteiger partial charge in [0, 0.05) is 0 Å². The van der Waals surface area contributed by atoms with Gasteiger partial charge in [-0.3, -0.25) is 0 Å². The molecule has 1 nitrogen and oxygen atoms in total. The molecule has 2 aromatic carbocycles. The first kappa shape index (κ1) is 23.8. The van der Waals surface area contributed by atoms with E-state index in [1.807, 2.05) is 0 Å². The molecule has 2 aromatic rings. The first-order chi connectivity index (χ1) is 13.2. The third-order valence-electron chi connectivity index (χ3n) is 5.10. The van der Waals surface area contributed by atoms with Crippen LogP contribution in [0.2, 0.25) is 0 Å². The van der Waals surface area contributed by atoms with Gasteiger partial charge in [0.05, 0.1) is 0 Å². The van der Waals surface area contributed by atoms with Gasteiger partial charge in [0.1, 0.15) is 0 Å². The van der Waals surface area contributed by atoms with Gasteiger partial charge in [0.25, 0.3) is 9.04 Å². The average molecular weight is 432 g/mol. The molecule has 0 heterocycles. The van der Waals surface area contributed by atoms with Crippen LogP contribution in [0.15, 0.2) is 48.5 Å². The van der Waals surface area contributed by atoms with Crippen molar-refractivity contribution in [2.24, 2.45) is 0 Å². The number of hydrogen-bond donors (Lipinski definition) is 1. The van der Waals surface area contributed by atoms with Gasteiger partial charge in [-0.2, -0.15) is 0 Å². The normalized spacial score (nSPS) is 12.6. The molecule has 0 aliphatic rings. The smallest absolute Gasteiger partial charge is 0.281 e. The summed E-state index contributed by atoms with van der Waals surface area (Å²) in [5.41, 5.74) is 2.46. The van der Waals surface area contributed by atoms with Crippen LogP contribution in [0.3, 0.4) is 0 Å². The van der Waals surface area contributed by atoms with E-state index < -0.39 is 9.04 Å². The highest BCUT2D eigenvalue weighted by Crippen LogP contribution is 2.45. The van der Waals surface area contributed by atoms with E-state index in [0.29, 0.717) is 22.6 Å². The zero-order valence-corrected chi connectivity index (χ0v) is 21.6. The van der Waals surface area contributed by atoms with Gasteiger partial charge in [-0.25, -0.2) is 0 Å². The summed E-state index contributed by atoms with van der Waals surface area (Å²) in [7, 11) is -2.39. The van der Waals surface area contributed by atoms with Crippen molar-refractivity contribution in [2.75, 3.05) is 0 Å². The van der Waals surface area contributed by atoms with Crippen molar-refractivity contribution in [3.05, 3.63) is 48.5 Å². The van der Waals surface area contributed by atoms with Gasteiger partial charge < -0.3 is 4.80 Å². The van der Waals surface area contributed by atoms with Crippen LogP contribution >= 0.6 is 15.8 Å². The van der Waals surface area contributed by atoms with Gasteiger partial charge in [-0.1, -0.05) is 120 Å². The predicted octanol–water partition coefficient (Wildman–Crippen LogP) is 4.63. The highest BCUT2D eigenvalue weighted by Gasteiger charge is 2.30. The zero-order chi connectivity index (χ0) is 21.0. The Balaban J connectivity index is 2.59. The molecule has 153 valence electrons. The molecule has 28 heavy (non-hydrogen) atoms. The molecule has 0 bridgehead atoms. The summed E-state index contributed by atoms with van der Waals surface area (Å²) in [6.45, 7) is 18.6. The molecule has 4 heteroatoms. The highest BCUT2D eigenvalue weighted by molar-refractivity contribution is 7.68. The van der Waals surface area contributed by atoms with Gasteiger partial charge in [-0.05, 0) is 43.6 Å². The van der Waals surface area contributed by atoms with E-state index in [1.54, 1.807) is 0 Å². The van der Waals surface area contributed by atoms with E-state index in [0.717, 1.165) is 0 Å². The summed E-state index contributed by atoms with van der Waals surface area (Å²) in [6, 6.07) is 17.4. The minimum atomic E-state index is -1.79. The van der Waals surface area contributed by atoms with Crippen LogP contribution in [-0.4, -0.2) is 36.5 Å². The number of rotatable bonds is 8. The second kappa shape index (κ2) is 10.5. The standard InChI is InChI=1S/C24H37OP2Si/c1-17(2)26(18(3)4)21-13-9-11-15-23(21)28(25)24-16-12-10-14-22(24)27(19(5)6)20(7)8/h9-20,25H,1-8H3. The molecule has 2 rings (SSSR count). The van der Waals surface area contributed by atoms with Gasteiger partial charge in [-0.15, -0.1) is 0 Å². The molecule has 0 aromatic heterocycles. The summed E-state index contributed by atoms with van der Waals surface area (Å²) in [4.78, 5) is 11.7. The summed E-state index contributed by atoms with van der Waals surface area (Å²) in [5.74, 6) is 0. The van der Waals surface area contributed by atoms with E-state index in [1.165, 1.54) is 21.0 Å². The molecule has 0 spiro atoms. The zero-order valence-electron chi connectivity index (χ0n) is 18.8. The quantitative estimate of drug-likeness (QED) is 0.477. The van der Waals surface area contributed by atoms with Crippen molar-refractivity contribution < 1.29 is 4.80 Å². The van der Waals surface area contributed by atoms with E-state index in [2.05, 4.69) is 104 Å². The van der Waals surface area contributed by atoms with Crippen molar-refractivity contribution in [1.82, 2.24) is 0 Å². The van der Waals surface area contributed by atoms with Crippen molar-refractivity contribution in [3.63, 3.8) is 0 Å². The molecular formula is C24H37OP2Si. The minimum Gasteiger partial charge on any atom is -0.424 e. The SMILES string of the molecule is CC(C)P(c1ccccc1[Si](O)c1ccccc1P(C(C)C)C(C)C)C(C)C. The Hall–Kier alpha value is -0.523. The van der Waals surface area contributed by atoms with Crippen LogP contribution in [0.25, 0.3) is 0 Å². The molecule has 0 unspecified atom stereocenters. The van der Waals surface area contributed by atoms with Crippen molar-refractivity contribution in [2.45, 2.75) is 78.0 Å². The maximum atomic E-state index is 11.7. The van der Waals surface area contributed by atoms with Crippen LogP contribution in [0, 0.1) is 0 Å². The van der Waals surface area contributed by atoms with E-state index in [4.69, 9.17) is 0 Å². The lowest BCUT2D eigenvalue weighted by atomic mass is 10.3. The molecule has 1 radical (unpaired) electrons. The molecule has 0 amide bonds. The topological polar surface area (TPSA) is 20.2 Å². The first-order valence-electron chi connectivity index (χ1n) is 10.5. The minimum absolute atomic E-state index is 0.296. The van der Waals surface area contributed by atoms with Crippen molar-refractivity contribution >= 4 is 45.9 Å². The van der Waals surface area contributed by atoms with Gasteiger partial charge >= 0.3 is 0 Å². The van der Waals surface area contributed by atoms with Crippen LogP contribution in [0.1, 0.15) is 55.4 Å². The Morgan fingerprint density at radius 2 is 0.857 bits per heavy atom. The predicted molar refractivity (Wildman–Crippen MR) is 134 cm³/mol. The second-order valence-corrected chi connectivity index (χ2v) is 17.1. The highest BCUT2D eigenvalue weighted by atomic mass is 31.1. The summed E-state index contributed by atoms with van der Waals surface area (Å²) in [6.07, 6.45) is 0. The molecule has 0 saturated heterocycles. The summed E-state index contributed by atoms with van der Waals surface area (Å²) < 4.78 is 0. The number of benzene rings is 2. The van der Waals surface area contributed by atoms with Gasteiger partial charge in [0.15, 0.2) is 0 Å². The Bertz CT molecular complexity index is 678. The molecular weight excluding hydrogens is 394 g/mol. The van der Waals surface area contributed by atoms with E-state index >= 15 is 0 Å². The Morgan fingerprint density at radius 3 is 1.14 bits per heavy atom. The fraction of sp³-hybridized carbons (Fsp3) is 0.500. The van der Waals surface area contributed by atoms with Crippen molar-refractivity contribution in [3.8, 4) is 0 Å². The van der Waals surface area contributed by atoms with Crippen LogP contribution in [0.5, 0.6) is 0 Å². The first-order valence-corrected chi connectivity index (χ1v) is 14.9. The largest absolute Gasteiger partial charge is 0.424 e. The van der Waals surface area contributed by atoms with Crippen molar-refractivity contribution in [1.29, 1.82) is 0 Å². The van der Waals surface area contributed by atoms with Gasteiger partial charge in [0.2, 0.25) is 0 Å². The summed E-state index contributed by atoms with van der Waals surface area (Å²) >= 11 is 0. The molecule has 0 atom stereocenters. The second-order valence-electron chi connectivity index (χ2n) is 8.57. The lowest BCUT2D eigenvalue weighted by molar-refractivity contribution is 0.600. The number of hydrogen-bond acceptors (Lipinski definition) is 1. The third kappa shape index (κ3) is 5.34. The van der Waals surface area contributed by atoms with Crippen LogP contribution < -0.4 is 21.0 Å². The Morgan fingerprint density at radius 1 is 0.571 bits per heavy atom. The third-order valence-corrected chi connectivity index (χ3v) is 13.8. The lowest BCUT2D eigenvalue weighted by Crippen LogP contribution is -2.53.